The molecule has 0 atom stereocenters. The molecule has 0 spiro atoms. The number of hydrogen-bond acceptors (Lipinski definition) is 3. The van der Waals surface area contributed by atoms with E-state index in [1.807, 2.05) is 42.5 Å². The standard InChI is InChI=1S/C25H25F4NO2/c1-24(2,3)18-8-5-10-20(14-18)31-21-11-6-9-19(15-21)30-16-17-7-4-12-22(13-17)32-25(28,29)23(26)27/h4-15,23,30H,16H2,1-3H3. The van der Waals surface area contributed by atoms with Crippen molar-refractivity contribution in [2.75, 3.05) is 5.32 Å². The molecule has 0 aromatic heterocycles. The topological polar surface area (TPSA) is 30.5 Å². The van der Waals surface area contributed by atoms with Gasteiger partial charge >= 0.3 is 12.5 Å². The molecule has 3 aromatic rings. The summed E-state index contributed by atoms with van der Waals surface area (Å²) >= 11 is 0. The summed E-state index contributed by atoms with van der Waals surface area (Å²) in [6.07, 6.45) is -8.45. The lowest BCUT2D eigenvalue weighted by atomic mass is 9.87. The van der Waals surface area contributed by atoms with Gasteiger partial charge in [-0.15, -0.1) is 0 Å². The SMILES string of the molecule is CC(C)(C)c1cccc(Oc2cccc(NCc3cccc(OC(F)(F)C(F)F)c3)c2)c1. The molecule has 32 heavy (non-hydrogen) atoms. The van der Waals surface area contributed by atoms with Crippen LogP contribution in [0.4, 0.5) is 23.2 Å². The van der Waals surface area contributed by atoms with Gasteiger partial charge < -0.3 is 14.8 Å². The third-order valence-electron chi connectivity index (χ3n) is 4.67. The zero-order chi connectivity index (χ0) is 23.4. The molecule has 0 saturated heterocycles. The van der Waals surface area contributed by atoms with E-state index in [1.54, 1.807) is 6.07 Å². The first kappa shape index (κ1) is 23.4. The number of anilines is 1. The Morgan fingerprint density at radius 1 is 0.812 bits per heavy atom. The van der Waals surface area contributed by atoms with Crippen LogP contribution in [0, 0.1) is 0 Å². The highest BCUT2D eigenvalue weighted by molar-refractivity contribution is 5.50. The predicted octanol–water partition coefficient (Wildman–Crippen LogP) is 7.63. The Kier molecular flexibility index (Phi) is 6.96. The second-order valence-corrected chi connectivity index (χ2v) is 8.37. The summed E-state index contributed by atoms with van der Waals surface area (Å²) in [5, 5.41) is 3.16. The van der Waals surface area contributed by atoms with Gasteiger partial charge in [0.15, 0.2) is 0 Å². The smallest absolute Gasteiger partial charge is 0.457 e. The number of alkyl halides is 4. The molecule has 3 rings (SSSR count). The Morgan fingerprint density at radius 3 is 2.12 bits per heavy atom. The third-order valence-corrected chi connectivity index (χ3v) is 4.67. The van der Waals surface area contributed by atoms with Gasteiger partial charge in [0.25, 0.3) is 0 Å². The molecule has 3 nitrogen and oxygen atoms in total. The van der Waals surface area contributed by atoms with Crippen LogP contribution in [0.3, 0.4) is 0 Å². The van der Waals surface area contributed by atoms with Gasteiger partial charge in [0, 0.05) is 18.3 Å². The Hall–Kier alpha value is -3.22. The fourth-order valence-electron chi connectivity index (χ4n) is 2.96. The molecule has 0 aliphatic heterocycles. The van der Waals surface area contributed by atoms with E-state index in [-0.39, 0.29) is 17.7 Å². The Labute approximate surface area is 185 Å². The normalized spacial score (nSPS) is 12.0. The second kappa shape index (κ2) is 9.51. The lowest BCUT2D eigenvalue weighted by molar-refractivity contribution is -0.253. The van der Waals surface area contributed by atoms with Gasteiger partial charge in [-0.3, -0.25) is 0 Å². The lowest BCUT2D eigenvalue weighted by Gasteiger charge is -2.19. The highest BCUT2D eigenvalue weighted by atomic mass is 19.3. The fraction of sp³-hybridized carbons (Fsp3) is 0.280. The first-order valence-electron chi connectivity index (χ1n) is 10.1. The predicted molar refractivity (Wildman–Crippen MR) is 117 cm³/mol. The quantitative estimate of drug-likeness (QED) is 0.360. The van der Waals surface area contributed by atoms with Crippen LogP contribution in [0.5, 0.6) is 17.2 Å². The van der Waals surface area contributed by atoms with Gasteiger partial charge in [0.2, 0.25) is 0 Å². The Bertz CT molecular complexity index is 1050. The Balaban J connectivity index is 1.65. The molecule has 0 radical (unpaired) electrons. The molecule has 0 fully saturated rings. The molecule has 7 heteroatoms. The number of benzene rings is 3. The van der Waals surface area contributed by atoms with Gasteiger partial charge in [-0.25, -0.2) is 0 Å². The second-order valence-electron chi connectivity index (χ2n) is 8.37. The van der Waals surface area contributed by atoms with Gasteiger partial charge in [0.05, 0.1) is 0 Å². The summed E-state index contributed by atoms with van der Waals surface area (Å²) in [7, 11) is 0. The maximum absolute atomic E-state index is 13.1. The molecule has 1 N–H and O–H groups in total. The van der Waals surface area contributed by atoms with Crippen LogP contribution in [-0.2, 0) is 12.0 Å². The molecule has 170 valence electrons. The molecule has 0 amide bonds. The summed E-state index contributed by atoms with van der Waals surface area (Å²) in [6, 6.07) is 20.8. The molecule has 0 heterocycles. The van der Waals surface area contributed by atoms with Crippen molar-refractivity contribution in [2.45, 2.75) is 45.3 Å². The van der Waals surface area contributed by atoms with Crippen molar-refractivity contribution < 1.29 is 27.0 Å². The largest absolute Gasteiger partial charge is 0.461 e. The van der Waals surface area contributed by atoms with E-state index >= 15 is 0 Å². The van der Waals surface area contributed by atoms with Crippen molar-refractivity contribution in [3.05, 3.63) is 83.9 Å². The van der Waals surface area contributed by atoms with Crippen molar-refractivity contribution in [1.29, 1.82) is 0 Å². The molecule has 0 bridgehead atoms. The van der Waals surface area contributed by atoms with Gasteiger partial charge in [0.1, 0.15) is 17.2 Å². The average Bonchev–Trinajstić information content (AvgIpc) is 2.72. The highest BCUT2D eigenvalue weighted by Gasteiger charge is 2.43. The van der Waals surface area contributed by atoms with Gasteiger partial charge in [-0.1, -0.05) is 51.1 Å². The van der Waals surface area contributed by atoms with E-state index in [4.69, 9.17) is 4.74 Å². The molecular formula is C25H25F4NO2. The van der Waals surface area contributed by atoms with E-state index in [1.165, 1.54) is 18.2 Å². The molecule has 0 aliphatic rings. The molecule has 3 aromatic carbocycles. The number of hydrogen-bond donors (Lipinski definition) is 1. The minimum Gasteiger partial charge on any atom is -0.457 e. The molecule has 0 aliphatic carbocycles. The van der Waals surface area contributed by atoms with Crippen molar-refractivity contribution in [2.24, 2.45) is 0 Å². The van der Waals surface area contributed by atoms with Crippen LogP contribution >= 0.6 is 0 Å². The van der Waals surface area contributed by atoms with Crippen LogP contribution < -0.4 is 14.8 Å². The van der Waals surface area contributed by atoms with E-state index in [0.29, 0.717) is 11.3 Å². The number of halogens is 4. The van der Waals surface area contributed by atoms with E-state index in [0.717, 1.165) is 17.0 Å². The minimum atomic E-state index is -4.54. The number of rotatable bonds is 8. The van der Waals surface area contributed by atoms with Gasteiger partial charge in [-0.05, 0) is 52.9 Å². The highest BCUT2D eigenvalue weighted by Crippen LogP contribution is 2.30. The summed E-state index contributed by atoms with van der Waals surface area (Å²) in [4.78, 5) is 0. The van der Waals surface area contributed by atoms with Crippen LogP contribution in [0.15, 0.2) is 72.8 Å². The van der Waals surface area contributed by atoms with Crippen LogP contribution in [0.25, 0.3) is 0 Å². The van der Waals surface area contributed by atoms with Crippen LogP contribution in [0.2, 0.25) is 0 Å². The third kappa shape index (κ3) is 6.39. The van der Waals surface area contributed by atoms with E-state index in [2.05, 4.69) is 36.9 Å². The number of ether oxygens (including phenoxy) is 2. The number of nitrogens with one attached hydrogen (secondary N) is 1. The summed E-state index contributed by atoms with van der Waals surface area (Å²) in [6.45, 7) is 6.67. The average molecular weight is 447 g/mol. The van der Waals surface area contributed by atoms with Crippen molar-refractivity contribution in [1.82, 2.24) is 0 Å². The zero-order valence-electron chi connectivity index (χ0n) is 18.0. The van der Waals surface area contributed by atoms with Crippen molar-refractivity contribution in [3.63, 3.8) is 0 Å². The molecular weight excluding hydrogens is 422 g/mol. The maximum Gasteiger partial charge on any atom is 0.461 e. The first-order valence-corrected chi connectivity index (χ1v) is 10.1. The minimum absolute atomic E-state index is 0.000301. The lowest BCUT2D eigenvalue weighted by Crippen LogP contribution is -2.33. The van der Waals surface area contributed by atoms with Crippen molar-refractivity contribution in [3.8, 4) is 17.2 Å². The Morgan fingerprint density at radius 2 is 1.44 bits per heavy atom. The monoisotopic (exact) mass is 447 g/mol. The summed E-state index contributed by atoms with van der Waals surface area (Å²) in [5.74, 6) is 1.03. The van der Waals surface area contributed by atoms with Crippen molar-refractivity contribution >= 4 is 5.69 Å². The van der Waals surface area contributed by atoms with E-state index in [9.17, 15) is 17.6 Å². The first-order chi connectivity index (χ1) is 15.0. The van der Waals surface area contributed by atoms with E-state index < -0.39 is 12.5 Å². The molecule has 0 saturated carbocycles. The zero-order valence-corrected chi connectivity index (χ0v) is 18.0. The fourth-order valence-corrected chi connectivity index (χ4v) is 2.96. The van der Waals surface area contributed by atoms with Gasteiger partial charge in [-0.2, -0.15) is 17.6 Å². The van der Waals surface area contributed by atoms with Crippen LogP contribution in [0.1, 0.15) is 31.9 Å². The maximum atomic E-state index is 13.1. The summed E-state index contributed by atoms with van der Waals surface area (Å²) in [5.41, 5.74) is 2.50. The molecule has 0 unspecified atom stereocenters. The van der Waals surface area contributed by atoms with Crippen LogP contribution in [-0.4, -0.2) is 12.5 Å². The summed E-state index contributed by atoms with van der Waals surface area (Å²) < 4.78 is 61.1.